The fourth-order valence-electron chi connectivity index (χ4n) is 0.453. The van der Waals surface area contributed by atoms with E-state index in [-0.39, 0.29) is 12.7 Å². The van der Waals surface area contributed by atoms with Gasteiger partial charge in [0.1, 0.15) is 0 Å². The molecule has 0 aromatic rings. The molecule has 0 aliphatic heterocycles. The predicted octanol–water partition coefficient (Wildman–Crippen LogP) is 1.59. The van der Waals surface area contributed by atoms with Crippen LogP contribution in [0.5, 0.6) is 0 Å². The summed E-state index contributed by atoms with van der Waals surface area (Å²) in [4.78, 5) is 10.1. The molecule has 6 heteroatoms. The van der Waals surface area contributed by atoms with Gasteiger partial charge in [0, 0.05) is 6.08 Å². The number of halogens is 3. The quantitative estimate of drug-likeness (QED) is 0.698. The number of hydrogen-bond acceptors (Lipinski definition) is 2. The van der Waals surface area contributed by atoms with Crippen LogP contribution in [0.1, 0.15) is 6.92 Å². The van der Waals surface area contributed by atoms with Crippen LogP contribution in [0.4, 0.5) is 13.2 Å². The molecule has 0 heterocycles. The van der Waals surface area contributed by atoms with Gasteiger partial charge in [-0.05, 0) is 6.92 Å². The Kier molecular flexibility index (Phi) is 4.47. The zero-order valence-corrected chi connectivity index (χ0v) is 6.84. The number of carboxylic acids is 1. The van der Waals surface area contributed by atoms with E-state index in [9.17, 15) is 18.0 Å². The van der Waals surface area contributed by atoms with E-state index in [2.05, 4.69) is 4.74 Å². The molecule has 0 fully saturated rings. The third-order valence-electron chi connectivity index (χ3n) is 1.10. The van der Waals surface area contributed by atoms with Gasteiger partial charge < -0.3 is 9.84 Å². The molecule has 0 aromatic carbocycles. The molecule has 13 heavy (non-hydrogen) atoms. The van der Waals surface area contributed by atoms with Crippen LogP contribution in [0.3, 0.4) is 0 Å². The van der Waals surface area contributed by atoms with Gasteiger partial charge in [0.05, 0.1) is 6.61 Å². The maximum absolute atomic E-state index is 11.5. The Hall–Kier alpha value is -1.04. The van der Waals surface area contributed by atoms with Gasteiger partial charge in [0.15, 0.2) is 6.10 Å². The van der Waals surface area contributed by atoms with Gasteiger partial charge in [-0.1, -0.05) is 6.08 Å². The standard InChI is InChI=1S/C7H9F3O3/c1-5(6(11)12)13-4-2-3-7(8,9)10/h2-3,5H,4H2,1H3,(H,11,12)/b3-2+. The van der Waals surface area contributed by atoms with Gasteiger partial charge in [-0.2, -0.15) is 13.2 Å². The van der Waals surface area contributed by atoms with Crippen LogP contribution < -0.4 is 0 Å². The maximum atomic E-state index is 11.5. The number of carbonyl (C=O) groups is 1. The van der Waals surface area contributed by atoms with Gasteiger partial charge >= 0.3 is 12.1 Å². The van der Waals surface area contributed by atoms with Crippen molar-refractivity contribution in [3.8, 4) is 0 Å². The zero-order chi connectivity index (χ0) is 10.5. The zero-order valence-electron chi connectivity index (χ0n) is 6.84. The minimum atomic E-state index is -4.38. The Labute approximate surface area is 72.8 Å². The van der Waals surface area contributed by atoms with Gasteiger partial charge in [0.25, 0.3) is 0 Å². The molecule has 0 saturated heterocycles. The summed E-state index contributed by atoms with van der Waals surface area (Å²) in [6.07, 6.45) is -4.76. The molecule has 0 amide bonds. The molecular weight excluding hydrogens is 189 g/mol. The van der Waals surface area contributed by atoms with E-state index in [1.54, 1.807) is 0 Å². The molecule has 0 aliphatic carbocycles. The van der Waals surface area contributed by atoms with E-state index in [4.69, 9.17) is 5.11 Å². The highest BCUT2D eigenvalue weighted by atomic mass is 19.4. The Bertz CT molecular complexity index is 198. The lowest BCUT2D eigenvalue weighted by molar-refractivity contribution is -0.148. The minimum Gasteiger partial charge on any atom is -0.479 e. The first kappa shape index (κ1) is 12.0. The molecule has 76 valence electrons. The highest BCUT2D eigenvalue weighted by Gasteiger charge is 2.21. The summed E-state index contributed by atoms with van der Waals surface area (Å²) in [5.74, 6) is -1.21. The summed E-state index contributed by atoms with van der Waals surface area (Å²) in [6.45, 7) is 0.872. The smallest absolute Gasteiger partial charge is 0.409 e. The second kappa shape index (κ2) is 4.86. The van der Waals surface area contributed by atoms with Crippen molar-refractivity contribution >= 4 is 5.97 Å². The van der Waals surface area contributed by atoms with E-state index >= 15 is 0 Å². The fraction of sp³-hybridized carbons (Fsp3) is 0.571. The monoisotopic (exact) mass is 198 g/mol. The van der Waals surface area contributed by atoms with Crippen molar-refractivity contribution in [2.24, 2.45) is 0 Å². The van der Waals surface area contributed by atoms with Crippen LogP contribution in [0.25, 0.3) is 0 Å². The maximum Gasteiger partial charge on any atom is 0.409 e. The molecule has 0 saturated carbocycles. The first-order chi connectivity index (χ1) is 5.83. The first-order valence-corrected chi connectivity index (χ1v) is 3.42. The van der Waals surface area contributed by atoms with Crippen molar-refractivity contribution < 1.29 is 27.8 Å². The first-order valence-electron chi connectivity index (χ1n) is 3.42. The van der Waals surface area contributed by atoms with Gasteiger partial charge in [-0.15, -0.1) is 0 Å². The second-order valence-electron chi connectivity index (χ2n) is 2.26. The van der Waals surface area contributed by atoms with Crippen LogP contribution in [0.2, 0.25) is 0 Å². The molecule has 0 rings (SSSR count). The van der Waals surface area contributed by atoms with Crippen LogP contribution in [0.15, 0.2) is 12.2 Å². The summed E-state index contributed by atoms with van der Waals surface area (Å²) < 4.78 is 39.0. The second-order valence-corrected chi connectivity index (χ2v) is 2.26. The minimum absolute atomic E-state index is 0.00156. The highest BCUT2D eigenvalue weighted by molar-refractivity contribution is 5.71. The third kappa shape index (κ3) is 7.32. The lowest BCUT2D eigenvalue weighted by atomic mass is 10.4. The van der Waals surface area contributed by atoms with Crippen molar-refractivity contribution in [1.29, 1.82) is 0 Å². The topological polar surface area (TPSA) is 46.5 Å². The largest absolute Gasteiger partial charge is 0.479 e. The lowest BCUT2D eigenvalue weighted by Gasteiger charge is -2.05. The van der Waals surface area contributed by atoms with Gasteiger partial charge in [0.2, 0.25) is 0 Å². The van der Waals surface area contributed by atoms with Gasteiger partial charge in [-0.25, -0.2) is 4.79 Å². The van der Waals surface area contributed by atoms with E-state index in [0.717, 1.165) is 6.08 Å². The SMILES string of the molecule is CC(OC/C=C/C(F)(F)F)C(=O)O. The summed E-state index contributed by atoms with van der Waals surface area (Å²) in [5.41, 5.74) is 0. The molecule has 0 spiro atoms. The average Bonchev–Trinajstić information content (AvgIpc) is 1.95. The van der Waals surface area contributed by atoms with E-state index in [0.29, 0.717) is 0 Å². The van der Waals surface area contributed by atoms with Crippen LogP contribution in [-0.4, -0.2) is 30.0 Å². The summed E-state index contributed by atoms with van der Waals surface area (Å²) in [6, 6.07) is 0. The predicted molar refractivity (Wildman–Crippen MR) is 38.2 cm³/mol. The molecule has 0 aliphatic rings. The number of ether oxygens (including phenoxy) is 1. The van der Waals surface area contributed by atoms with Crippen molar-refractivity contribution in [3.63, 3.8) is 0 Å². The Balaban J connectivity index is 3.68. The number of carboxylic acid groups (broad SMARTS) is 1. The van der Waals surface area contributed by atoms with Crippen molar-refractivity contribution in [1.82, 2.24) is 0 Å². The summed E-state index contributed by atoms with van der Waals surface area (Å²) >= 11 is 0. The number of alkyl halides is 3. The summed E-state index contributed by atoms with van der Waals surface area (Å²) in [5, 5.41) is 8.27. The number of allylic oxidation sites excluding steroid dienone is 1. The number of hydrogen-bond donors (Lipinski definition) is 1. The van der Waals surface area contributed by atoms with Crippen LogP contribution >= 0.6 is 0 Å². The van der Waals surface area contributed by atoms with Crippen molar-refractivity contribution in [2.75, 3.05) is 6.61 Å². The number of aliphatic carboxylic acids is 1. The van der Waals surface area contributed by atoms with E-state index in [1.165, 1.54) is 6.92 Å². The molecule has 1 unspecified atom stereocenters. The molecule has 0 aromatic heterocycles. The normalized spacial score (nSPS) is 14.8. The fourth-order valence-corrected chi connectivity index (χ4v) is 0.453. The van der Waals surface area contributed by atoms with Crippen LogP contribution in [-0.2, 0) is 9.53 Å². The third-order valence-corrected chi connectivity index (χ3v) is 1.10. The van der Waals surface area contributed by atoms with Gasteiger partial charge in [-0.3, -0.25) is 0 Å². The summed E-state index contributed by atoms with van der Waals surface area (Å²) in [7, 11) is 0. The Morgan fingerprint density at radius 3 is 2.54 bits per heavy atom. The van der Waals surface area contributed by atoms with E-state index < -0.39 is 18.2 Å². The Morgan fingerprint density at radius 2 is 2.15 bits per heavy atom. The lowest BCUT2D eigenvalue weighted by Crippen LogP contribution is -2.19. The van der Waals surface area contributed by atoms with E-state index in [1.807, 2.05) is 0 Å². The molecular formula is C7H9F3O3. The van der Waals surface area contributed by atoms with Crippen molar-refractivity contribution in [3.05, 3.63) is 12.2 Å². The highest BCUT2D eigenvalue weighted by Crippen LogP contribution is 2.15. The molecule has 3 nitrogen and oxygen atoms in total. The average molecular weight is 198 g/mol. The Morgan fingerprint density at radius 1 is 1.62 bits per heavy atom. The van der Waals surface area contributed by atoms with Crippen molar-refractivity contribution in [2.45, 2.75) is 19.2 Å². The molecule has 0 radical (unpaired) electrons. The number of rotatable bonds is 4. The molecule has 1 atom stereocenters. The van der Waals surface area contributed by atoms with Crippen LogP contribution in [0, 0.1) is 0 Å². The molecule has 0 bridgehead atoms. The molecule has 1 N–H and O–H groups in total.